The van der Waals surface area contributed by atoms with Crippen molar-refractivity contribution in [3.63, 3.8) is 0 Å². The van der Waals surface area contributed by atoms with Crippen molar-refractivity contribution in [3.8, 4) is 0 Å². The van der Waals surface area contributed by atoms with Crippen LogP contribution in [0.2, 0.25) is 0 Å². The molecule has 0 aromatic carbocycles. The third-order valence-corrected chi connectivity index (χ3v) is 2.71. The number of nitrogens with zero attached hydrogens (tertiary/aromatic N) is 2. The van der Waals surface area contributed by atoms with Crippen molar-refractivity contribution in [2.75, 3.05) is 26.2 Å². The number of hydrogen-bond donors (Lipinski definition) is 0. The van der Waals surface area contributed by atoms with Gasteiger partial charge in [0.05, 0.1) is 0 Å². The maximum atomic E-state index is 11.9. The molecule has 0 atom stereocenters. The lowest BCUT2D eigenvalue weighted by Crippen LogP contribution is -2.32. The third kappa shape index (κ3) is 2.85. The van der Waals surface area contributed by atoms with Gasteiger partial charge in [-0.2, -0.15) is 0 Å². The highest BCUT2D eigenvalue weighted by Gasteiger charge is 2.15. The standard InChI is InChI=1S/C12H20N2O/c1-4-13-9-7-11(8-10-13)12(15)14(5-2)6-3/h7-9H,4-6,10H2,1-3H3. The molecule has 0 unspecified atom stereocenters. The van der Waals surface area contributed by atoms with Crippen LogP contribution in [0.3, 0.4) is 0 Å². The van der Waals surface area contributed by atoms with E-state index in [1.807, 2.05) is 37.1 Å². The molecule has 1 heterocycles. The minimum absolute atomic E-state index is 0.145. The predicted molar refractivity (Wildman–Crippen MR) is 62.4 cm³/mol. The zero-order valence-electron chi connectivity index (χ0n) is 9.86. The quantitative estimate of drug-likeness (QED) is 0.701. The molecular weight excluding hydrogens is 188 g/mol. The Hall–Kier alpha value is -1.25. The number of hydrogen-bond acceptors (Lipinski definition) is 2. The van der Waals surface area contributed by atoms with Crippen LogP contribution >= 0.6 is 0 Å². The Morgan fingerprint density at radius 3 is 2.47 bits per heavy atom. The van der Waals surface area contributed by atoms with Gasteiger partial charge in [-0.05, 0) is 26.8 Å². The van der Waals surface area contributed by atoms with E-state index in [0.29, 0.717) is 0 Å². The molecule has 84 valence electrons. The molecule has 0 bridgehead atoms. The van der Waals surface area contributed by atoms with E-state index in [4.69, 9.17) is 0 Å². The van der Waals surface area contributed by atoms with Gasteiger partial charge in [-0.25, -0.2) is 0 Å². The maximum Gasteiger partial charge on any atom is 0.253 e. The molecule has 0 fully saturated rings. The largest absolute Gasteiger partial charge is 0.374 e. The lowest BCUT2D eigenvalue weighted by Gasteiger charge is -2.24. The van der Waals surface area contributed by atoms with E-state index in [-0.39, 0.29) is 5.91 Å². The molecule has 0 saturated carbocycles. The first-order valence-electron chi connectivity index (χ1n) is 5.64. The molecule has 3 nitrogen and oxygen atoms in total. The third-order valence-electron chi connectivity index (χ3n) is 2.71. The summed E-state index contributed by atoms with van der Waals surface area (Å²) in [5.74, 6) is 0.145. The van der Waals surface area contributed by atoms with Crippen LogP contribution in [0.25, 0.3) is 0 Å². The second kappa shape index (κ2) is 5.59. The number of amides is 1. The molecule has 0 radical (unpaired) electrons. The van der Waals surface area contributed by atoms with E-state index >= 15 is 0 Å². The van der Waals surface area contributed by atoms with Crippen LogP contribution in [0.5, 0.6) is 0 Å². The SMILES string of the molecule is CCN1C=CC(C(=O)N(CC)CC)=CC1. The molecule has 0 N–H and O–H groups in total. The molecular formula is C12H20N2O. The Morgan fingerprint density at radius 2 is 2.07 bits per heavy atom. The Morgan fingerprint density at radius 1 is 1.40 bits per heavy atom. The first kappa shape index (κ1) is 11.8. The van der Waals surface area contributed by atoms with E-state index in [1.54, 1.807) is 0 Å². The van der Waals surface area contributed by atoms with Crippen LogP contribution in [0.15, 0.2) is 23.9 Å². The normalized spacial score (nSPS) is 15.1. The average Bonchev–Trinajstić information content (AvgIpc) is 2.30. The van der Waals surface area contributed by atoms with Crippen LogP contribution in [-0.4, -0.2) is 41.9 Å². The minimum Gasteiger partial charge on any atom is -0.374 e. The van der Waals surface area contributed by atoms with Crippen molar-refractivity contribution in [2.45, 2.75) is 20.8 Å². The smallest absolute Gasteiger partial charge is 0.253 e. The first-order valence-corrected chi connectivity index (χ1v) is 5.64. The Labute approximate surface area is 92.0 Å². The highest BCUT2D eigenvalue weighted by Crippen LogP contribution is 2.10. The van der Waals surface area contributed by atoms with Gasteiger partial charge in [0, 0.05) is 38.0 Å². The maximum absolute atomic E-state index is 11.9. The van der Waals surface area contributed by atoms with Crippen LogP contribution in [0.1, 0.15) is 20.8 Å². The summed E-state index contributed by atoms with van der Waals surface area (Å²) < 4.78 is 0. The molecule has 1 aliphatic rings. The van der Waals surface area contributed by atoms with E-state index in [2.05, 4.69) is 11.8 Å². The fourth-order valence-corrected chi connectivity index (χ4v) is 1.62. The number of carbonyl (C=O) groups excluding carboxylic acids is 1. The fourth-order valence-electron chi connectivity index (χ4n) is 1.62. The molecule has 1 aliphatic heterocycles. The highest BCUT2D eigenvalue weighted by molar-refractivity contribution is 5.96. The molecule has 0 aromatic rings. The van der Waals surface area contributed by atoms with Crippen molar-refractivity contribution in [1.82, 2.24) is 9.80 Å². The van der Waals surface area contributed by atoms with Gasteiger partial charge < -0.3 is 9.80 Å². The van der Waals surface area contributed by atoms with Crippen LogP contribution < -0.4 is 0 Å². The monoisotopic (exact) mass is 208 g/mol. The first-order chi connectivity index (χ1) is 7.22. The molecule has 1 amide bonds. The highest BCUT2D eigenvalue weighted by atomic mass is 16.2. The summed E-state index contributed by atoms with van der Waals surface area (Å²) >= 11 is 0. The molecule has 0 aliphatic carbocycles. The fraction of sp³-hybridized carbons (Fsp3) is 0.583. The van der Waals surface area contributed by atoms with Crippen molar-refractivity contribution in [2.24, 2.45) is 0 Å². The summed E-state index contributed by atoms with van der Waals surface area (Å²) in [5.41, 5.74) is 0.823. The molecule has 0 saturated heterocycles. The van der Waals surface area contributed by atoms with Crippen molar-refractivity contribution >= 4 is 5.91 Å². The number of carbonyl (C=O) groups is 1. The van der Waals surface area contributed by atoms with Gasteiger partial charge in [0.25, 0.3) is 5.91 Å². The molecule has 0 aromatic heterocycles. The summed E-state index contributed by atoms with van der Waals surface area (Å²) in [5, 5.41) is 0. The summed E-state index contributed by atoms with van der Waals surface area (Å²) in [6.45, 7) is 9.50. The second-order valence-corrected chi connectivity index (χ2v) is 3.54. The zero-order chi connectivity index (χ0) is 11.3. The molecule has 0 spiro atoms. The van der Waals surface area contributed by atoms with Crippen LogP contribution in [0, 0.1) is 0 Å². The van der Waals surface area contributed by atoms with E-state index < -0.39 is 0 Å². The zero-order valence-corrected chi connectivity index (χ0v) is 9.86. The lowest BCUT2D eigenvalue weighted by molar-refractivity contribution is -0.126. The van der Waals surface area contributed by atoms with Gasteiger partial charge in [0.15, 0.2) is 0 Å². The van der Waals surface area contributed by atoms with Crippen LogP contribution in [-0.2, 0) is 4.79 Å². The topological polar surface area (TPSA) is 23.6 Å². The summed E-state index contributed by atoms with van der Waals surface area (Å²) in [4.78, 5) is 16.0. The summed E-state index contributed by atoms with van der Waals surface area (Å²) in [6, 6.07) is 0. The second-order valence-electron chi connectivity index (χ2n) is 3.54. The van der Waals surface area contributed by atoms with E-state index in [1.165, 1.54) is 0 Å². The Kier molecular flexibility index (Phi) is 4.40. The summed E-state index contributed by atoms with van der Waals surface area (Å²) in [6.07, 6.45) is 5.91. The van der Waals surface area contributed by atoms with E-state index in [0.717, 1.165) is 31.8 Å². The van der Waals surface area contributed by atoms with Crippen LogP contribution in [0.4, 0.5) is 0 Å². The molecule has 15 heavy (non-hydrogen) atoms. The van der Waals surface area contributed by atoms with Gasteiger partial charge in [0.1, 0.15) is 0 Å². The summed E-state index contributed by atoms with van der Waals surface area (Å²) in [7, 11) is 0. The van der Waals surface area contributed by atoms with Gasteiger partial charge in [-0.1, -0.05) is 6.08 Å². The number of rotatable bonds is 4. The van der Waals surface area contributed by atoms with Gasteiger partial charge in [-0.15, -0.1) is 0 Å². The Balaban J connectivity index is 2.63. The predicted octanol–water partition coefficient (Wildman–Crippen LogP) is 1.63. The molecule has 1 rings (SSSR count). The van der Waals surface area contributed by atoms with Crippen molar-refractivity contribution in [3.05, 3.63) is 23.9 Å². The molecule has 3 heteroatoms. The van der Waals surface area contributed by atoms with Crippen molar-refractivity contribution < 1.29 is 4.79 Å². The van der Waals surface area contributed by atoms with Gasteiger partial charge in [0.2, 0.25) is 0 Å². The van der Waals surface area contributed by atoms with Gasteiger partial charge in [-0.3, -0.25) is 4.79 Å². The van der Waals surface area contributed by atoms with Crippen molar-refractivity contribution in [1.29, 1.82) is 0 Å². The minimum atomic E-state index is 0.145. The Bertz CT molecular complexity index is 277. The lowest BCUT2D eigenvalue weighted by atomic mass is 10.1. The van der Waals surface area contributed by atoms with E-state index in [9.17, 15) is 4.79 Å². The number of likely N-dealkylation sites (N-methyl/N-ethyl adjacent to an activating group) is 2. The average molecular weight is 208 g/mol. The van der Waals surface area contributed by atoms with Gasteiger partial charge >= 0.3 is 0 Å².